The van der Waals surface area contributed by atoms with Gasteiger partial charge in [0.2, 0.25) is 5.13 Å². The van der Waals surface area contributed by atoms with Gasteiger partial charge in [-0.2, -0.15) is 4.37 Å². The molecule has 98 valence electrons. The minimum Gasteiger partial charge on any atom is -0.356 e. The van der Waals surface area contributed by atoms with Gasteiger partial charge in [-0.05, 0) is 26.4 Å². The normalized spacial score (nSPS) is 13.4. The predicted molar refractivity (Wildman–Crippen MR) is 74.7 cm³/mol. The molecular formula is C12H24N4S. The van der Waals surface area contributed by atoms with Crippen molar-refractivity contribution in [2.45, 2.75) is 39.7 Å². The van der Waals surface area contributed by atoms with Crippen LogP contribution in [0.25, 0.3) is 0 Å². The lowest BCUT2D eigenvalue weighted by Gasteiger charge is -2.25. The number of nitrogens with one attached hydrogen (secondary N) is 1. The van der Waals surface area contributed by atoms with Gasteiger partial charge in [-0.25, -0.2) is 4.98 Å². The average molecular weight is 256 g/mol. The van der Waals surface area contributed by atoms with E-state index in [1.54, 1.807) is 0 Å². The number of aryl methyl sites for hydroxylation is 1. The zero-order valence-electron chi connectivity index (χ0n) is 11.5. The number of nitrogens with zero attached hydrogens (tertiary/aromatic N) is 3. The second-order valence-electron chi connectivity index (χ2n) is 5.02. The number of anilines is 1. The number of rotatable bonds is 7. The van der Waals surface area contributed by atoms with E-state index in [-0.39, 0.29) is 0 Å². The maximum atomic E-state index is 4.51. The van der Waals surface area contributed by atoms with E-state index in [2.05, 4.69) is 54.4 Å². The second kappa shape index (κ2) is 6.91. The highest BCUT2D eigenvalue weighted by Crippen LogP contribution is 2.16. The Morgan fingerprint density at radius 1 is 1.35 bits per heavy atom. The fourth-order valence-electron chi connectivity index (χ4n) is 1.61. The molecule has 0 aliphatic heterocycles. The van der Waals surface area contributed by atoms with Gasteiger partial charge in [-0.1, -0.05) is 20.8 Å². The van der Waals surface area contributed by atoms with Crippen molar-refractivity contribution in [1.29, 1.82) is 0 Å². The van der Waals surface area contributed by atoms with Gasteiger partial charge in [0.1, 0.15) is 5.82 Å². The van der Waals surface area contributed by atoms with Gasteiger partial charge in [-0.15, -0.1) is 0 Å². The van der Waals surface area contributed by atoms with Crippen LogP contribution in [0.2, 0.25) is 0 Å². The van der Waals surface area contributed by atoms with Gasteiger partial charge in [0, 0.05) is 30.5 Å². The molecule has 0 fully saturated rings. The van der Waals surface area contributed by atoms with Gasteiger partial charge in [0.25, 0.3) is 0 Å². The van der Waals surface area contributed by atoms with Crippen molar-refractivity contribution in [3.8, 4) is 0 Å². The average Bonchev–Trinajstić information content (AvgIpc) is 2.64. The van der Waals surface area contributed by atoms with E-state index in [0.717, 1.165) is 30.3 Å². The van der Waals surface area contributed by atoms with Crippen molar-refractivity contribution >= 4 is 16.7 Å². The van der Waals surface area contributed by atoms with Crippen LogP contribution >= 0.6 is 11.5 Å². The molecule has 0 aliphatic rings. The first-order chi connectivity index (χ1) is 8.02. The molecule has 1 aromatic rings. The van der Waals surface area contributed by atoms with E-state index in [0.29, 0.717) is 12.0 Å². The van der Waals surface area contributed by atoms with Gasteiger partial charge >= 0.3 is 0 Å². The third-order valence-corrected chi connectivity index (χ3v) is 3.30. The first-order valence-corrected chi connectivity index (χ1v) is 7.04. The Kier molecular flexibility index (Phi) is 5.85. The molecule has 0 bridgehead atoms. The summed E-state index contributed by atoms with van der Waals surface area (Å²) >= 11 is 1.47. The van der Waals surface area contributed by atoms with Crippen LogP contribution in [0, 0.1) is 5.92 Å². The molecule has 1 heterocycles. The summed E-state index contributed by atoms with van der Waals surface area (Å²) in [5, 5.41) is 4.44. The molecule has 1 unspecified atom stereocenters. The smallest absolute Gasteiger partial charge is 0.202 e. The Balaban J connectivity index is 2.58. The third-order valence-electron chi connectivity index (χ3n) is 2.62. The van der Waals surface area contributed by atoms with E-state index in [9.17, 15) is 0 Å². The molecule has 1 rings (SSSR count). The molecule has 17 heavy (non-hydrogen) atoms. The van der Waals surface area contributed by atoms with E-state index < -0.39 is 0 Å². The summed E-state index contributed by atoms with van der Waals surface area (Å²) < 4.78 is 4.35. The van der Waals surface area contributed by atoms with Crippen LogP contribution in [0.3, 0.4) is 0 Å². The summed E-state index contributed by atoms with van der Waals surface area (Å²) in [7, 11) is 4.19. The maximum Gasteiger partial charge on any atom is 0.202 e. The number of hydrogen-bond acceptors (Lipinski definition) is 5. The largest absolute Gasteiger partial charge is 0.356 e. The summed E-state index contributed by atoms with van der Waals surface area (Å²) in [6.07, 6.45) is 2.07. The van der Waals surface area contributed by atoms with Crippen molar-refractivity contribution in [1.82, 2.24) is 14.3 Å². The van der Waals surface area contributed by atoms with Crippen molar-refractivity contribution in [3.63, 3.8) is 0 Å². The quantitative estimate of drug-likeness (QED) is 0.814. The molecule has 0 saturated heterocycles. The van der Waals surface area contributed by atoms with Crippen LogP contribution in [0.15, 0.2) is 0 Å². The predicted octanol–water partition coefficient (Wildman–Crippen LogP) is 2.49. The van der Waals surface area contributed by atoms with Gasteiger partial charge in [0.15, 0.2) is 0 Å². The lowest BCUT2D eigenvalue weighted by atomic mass is 10.0. The molecule has 5 heteroatoms. The highest BCUT2D eigenvalue weighted by molar-refractivity contribution is 7.09. The molecule has 1 aromatic heterocycles. The Hall–Kier alpha value is -0.680. The third kappa shape index (κ3) is 5.00. The Morgan fingerprint density at radius 2 is 2.06 bits per heavy atom. The summed E-state index contributed by atoms with van der Waals surface area (Å²) in [5.41, 5.74) is 0. The summed E-state index contributed by atoms with van der Waals surface area (Å²) in [4.78, 5) is 6.71. The van der Waals surface area contributed by atoms with E-state index in [1.807, 2.05) is 0 Å². The number of likely N-dealkylation sites (N-methyl/N-ethyl adjacent to an activating group) is 1. The monoisotopic (exact) mass is 256 g/mol. The van der Waals surface area contributed by atoms with E-state index >= 15 is 0 Å². The lowest BCUT2D eigenvalue weighted by molar-refractivity contribution is 0.344. The Labute approximate surface area is 109 Å². The SMILES string of the molecule is CCCc1nsc(NC(CN(C)C)C(C)C)n1. The van der Waals surface area contributed by atoms with Crippen LogP contribution in [0.4, 0.5) is 5.13 Å². The summed E-state index contributed by atoms with van der Waals surface area (Å²) in [5.74, 6) is 1.54. The Bertz CT molecular complexity index is 322. The molecule has 0 saturated carbocycles. The zero-order chi connectivity index (χ0) is 12.8. The van der Waals surface area contributed by atoms with Crippen LogP contribution < -0.4 is 5.32 Å². The van der Waals surface area contributed by atoms with Crippen molar-refractivity contribution in [2.24, 2.45) is 5.92 Å². The maximum absolute atomic E-state index is 4.51. The molecule has 0 spiro atoms. The number of hydrogen-bond donors (Lipinski definition) is 1. The minimum absolute atomic E-state index is 0.424. The van der Waals surface area contributed by atoms with E-state index in [4.69, 9.17) is 0 Å². The topological polar surface area (TPSA) is 41.1 Å². The minimum atomic E-state index is 0.424. The summed E-state index contributed by atoms with van der Waals surface area (Å²) in [6.45, 7) is 7.63. The van der Waals surface area contributed by atoms with Crippen LogP contribution in [-0.2, 0) is 6.42 Å². The summed E-state index contributed by atoms with van der Waals surface area (Å²) in [6, 6.07) is 0.424. The first kappa shape index (κ1) is 14.4. The molecule has 1 N–H and O–H groups in total. The standard InChI is InChI=1S/C12H24N4S/c1-6-7-11-14-12(17-15-11)13-10(9(2)3)8-16(4)5/h9-10H,6-8H2,1-5H3,(H,13,14,15). The highest BCUT2D eigenvalue weighted by Gasteiger charge is 2.16. The molecule has 4 nitrogen and oxygen atoms in total. The van der Waals surface area contributed by atoms with E-state index in [1.165, 1.54) is 11.5 Å². The molecule has 0 aromatic carbocycles. The van der Waals surface area contributed by atoms with Crippen LogP contribution in [-0.4, -0.2) is 40.9 Å². The molecule has 1 atom stereocenters. The van der Waals surface area contributed by atoms with Crippen molar-refractivity contribution in [2.75, 3.05) is 26.0 Å². The fraction of sp³-hybridized carbons (Fsp3) is 0.833. The van der Waals surface area contributed by atoms with Crippen LogP contribution in [0.5, 0.6) is 0 Å². The van der Waals surface area contributed by atoms with Crippen LogP contribution in [0.1, 0.15) is 33.0 Å². The van der Waals surface area contributed by atoms with Gasteiger partial charge < -0.3 is 10.2 Å². The first-order valence-electron chi connectivity index (χ1n) is 6.26. The highest BCUT2D eigenvalue weighted by atomic mass is 32.1. The molecule has 0 radical (unpaired) electrons. The molecular weight excluding hydrogens is 232 g/mol. The van der Waals surface area contributed by atoms with Gasteiger partial charge in [0.05, 0.1) is 0 Å². The van der Waals surface area contributed by atoms with Gasteiger partial charge in [-0.3, -0.25) is 0 Å². The second-order valence-corrected chi connectivity index (χ2v) is 5.77. The van der Waals surface area contributed by atoms with Crippen molar-refractivity contribution < 1.29 is 0 Å². The molecule has 0 amide bonds. The zero-order valence-corrected chi connectivity index (χ0v) is 12.3. The Morgan fingerprint density at radius 3 is 2.59 bits per heavy atom. The van der Waals surface area contributed by atoms with Crippen molar-refractivity contribution in [3.05, 3.63) is 5.82 Å². The fourth-order valence-corrected chi connectivity index (χ4v) is 2.29. The lowest BCUT2D eigenvalue weighted by Crippen LogP contribution is -2.36. The molecule has 0 aliphatic carbocycles. The number of aromatic nitrogens is 2.